The topological polar surface area (TPSA) is 46.3 Å². The van der Waals surface area contributed by atoms with E-state index in [1.165, 1.54) is 0 Å². The van der Waals surface area contributed by atoms with Gasteiger partial charge in [-0.05, 0) is 5.92 Å². The Labute approximate surface area is 99.4 Å². The van der Waals surface area contributed by atoms with Crippen molar-refractivity contribution in [3.8, 4) is 0 Å². The third-order valence-electron chi connectivity index (χ3n) is 2.44. The molecule has 0 spiro atoms. The van der Waals surface area contributed by atoms with Gasteiger partial charge in [-0.25, -0.2) is 0 Å². The molecule has 0 aromatic carbocycles. The monoisotopic (exact) mass is 268 g/mol. The van der Waals surface area contributed by atoms with Crippen LogP contribution in [-0.2, 0) is 11.0 Å². The number of hydrogen-bond acceptors (Lipinski definition) is 3. The summed E-state index contributed by atoms with van der Waals surface area (Å²) < 4.78 is 41.5. The van der Waals surface area contributed by atoms with Gasteiger partial charge in [0.1, 0.15) is 6.26 Å². The molecule has 0 bridgehead atoms. The number of nitrogens with zero attached hydrogens (tertiary/aromatic N) is 2. The van der Waals surface area contributed by atoms with Crippen molar-refractivity contribution in [2.45, 2.75) is 12.6 Å². The molecule has 2 rings (SSSR count). The minimum Gasteiger partial charge on any atom is -0.431 e. The molecule has 1 unspecified atom stereocenters. The predicted molar refractivity (Wildman–Crippen MR) is 52.7 cm³/mol. The van der Waals surface area contributed by atoms with Gasteiger partial charge in [-0.1, -0.05) is 0 Å². The van der Waals surface area contributed by atoms with E-state index in [1.807, 2.05) is 0 Å². The van der Waals surface area contributed by atoms with Crippen molar-refractivity contribution < 1.29 is 22.4 Å². The zero-order chi connectivity index (χ0) is 12.6. The molecule has 0 saturated carbocycles. The second kappa shape index (κ2) is 4.21. The molecule has 1 aliphatic heterocycles. The molecule has 2 heterocycles. The lowest BCUT2D eigenvalue weighted by atomic mass is 10.2. The minimum absolute atomic E-state index is 0.0783. The highest BCUT2D eigenvalue weighted by atomic mass is 35.5. The van der Waals surface area contributed by atoms with Crippen LogP contribution in [0, 0.1) is 5.92 Å². The second-order valence-electron chi connectivity index (χ2n) is 3.74. The SMILES string of the molecule is O=C1CC(CCl)CN1c1nc(C(F)(F)F)co1. The Bertz CT molecular complexity index is 432. The molecule has 94 valence electrons. The Morgan fingerprint density at radius 1 is 1.59 bits per heavy atom. The van der Waals surface area contributed by atoms with Gasteiger partial charge in [0, 0.05) is 18.8 Å². The molecule has 1 fully saturated rings. The van der Waals surface area contributed by atoms with Crippen molar-refractivity contribution in [2.75, 3.05) is 17.3 Å². The molecule has 8 heteroatoms. The summed E-state index contributed by atoms with van der Waals surface area (Å²) in [7, 11) is 0. The van der Waals surface area contributed by atoms with E-state index < -0.39 is 11.9 Å². The highest BCUT2D eigenvalue weighted by Gasteiger charge is 2.38. The van der Waals surface area contributed by atoms with Crippen LogP contribution in [0.4, 0.5) is 19.2 Å². The van der Waals surface area contributed by atoms with Gasteiger partial charge in [0.25, 0.3) is 0 Å². The van der Waals surface area contributed by atoms with E-state index in [0.717, 1.165) is 4.90 Å². The Kier molecular flexibility index (Phi) is 3.03. The number of rotatable bonds is 2. The number of aromatic nitrogens is 1. The summed E-state index contributed by atoms with van der Waals surface area (Å²) in [5, 5.41) is 0. The number of halogens is 4. The zero-order valence-corrected chi connectivity index (χ0v) is 9.25. The molecule has 4 nitrogen and oxygen atoms in total. The third-order valence-corrected chi connectivity index (χ3v) is 2.87. The van der Waals surface area contributed by atoms with E-state index in [4.69, 9.17) is 11.6 Å². The first kappa shape index (κ1) is 12.2. The van der Waals surface area contributed by atoms with Gasteiger partial charge < -0.3 is 4.42 Å². The van der Waals surface area contributed by atoms with Gasteiger partial charge in [0.15, 0.2) is 5.69 Å². The smallest absolute Gasteiger partial charge is 0.431 e. The lowest BCUT2D eigenvalue weighted by Gasteiger charge is -2.10. The Morgan fingerprint density at radius 2 is 2.29 bits per heavy atom. The molecule has 1 atom stereocenters. The first-order valence-electron chi connectivity index (χ1n) is 4.81. The normalized spacial score (nSPS) is 21.3. The molecule has 1 saturated heterocycles. The first-order valence-corrected chi connectivity index (χ1v) is 5.34. The first-order chi connectivity index (χ1) is 7.91. The summed E-state index contributed by atoms with van der Waals surface area (Å²) in [5.41, 5.74) is -1.14. The lowest BCUT2D eigenvalue weighted by molar-refractivity contribution is -0.141. The van der Waals surface area contributed by atoms with E-state index >= 15 is 0 Å². The van der Waals surface area contributed by atoms with Crippen molar-refractivity contribution in [1.82, 2.24) is 4.98 Å². The van der Waals surface area contributed by atoms with Crippen molar-refractivity contribution >= 4 is 23.5 Å². The van der Waals surface area contributed by atoms with Gasteiger partial charge in [0.2, 0.25) is 5.91 Å². The molecule has 0 aliphatic carbocycles. The number of carbonyl (C=O) groups is 1. The van der Waals surface area contributed by atoms with Crippen LogP contribution in [0.1, 0.15) is 12.1 Å². The maximum absolute atomic E-state index is 12.3. The predicted octanol–water partition coefficient (Wildman–Crippen LogP) is 2.29. The van der Waals surface area contributed by atoms with Crippen LogP contribution in [0.5, 0.6) is 0 Å². The van der Waals surface area contributed by atoms with Crippen LogP contribution in [0.3, 0.4) is 0 Å². The number of anilines is 1. The Hall–Kier alpha value is -1.24. The molecular formula is C9H8ClF3N2O2. The highest BCUT2D eigenvalue weighted by Crippen LogP contribution is 2.32. The van der Waals surface area contributed by atoms with E-state index in [-0.39, 0.29) is 36.7 Å². The van der Waals surface area contributed by atoms with E-state index in [2.05, 4.69) is 9.40 Å². The van der Waals surface area contributed by atoms with Crippen LogP contribution >= 0.6 is 11.6 Å². The van der Waals surface area contributed by atoms with Crippen LogP contribution in [0.25, 0.3) is 0 Å². The molecule has 1 amide bonds. The zero-order valence-electron chi connectivity index (χ0n) is 8.50. The summed E-state index contributed by atoms with van der Waals surface area (Å²) in [5.74, 6) is -0.133. The van der Waals surface area contributed by atoms with Crippen molar-refractivity contribution in [2.24, 2.45) is 5.92 Å². The fourth-order valence-corrected chi connectivity index (χ4v) is 1.79. The summed E-state index contributed by atoms with van der Waals surface area (Å²) >= 11 is 5.59. The largest absolute Gasteiger partial charge is 0.436 e. The average Bonchev–Trinajstić information content (AvgIpc) is 2.82. The van der Waals surface area contributed by atoms with E-state index in [1.54, 1.807) is 0 Å². The maximum Gasteiger partial charge on any atom is 0.436 e. The van der Waals surface area contributed by atoms with Crippen molar-refractivity contribution in [1.29, 1.82) is 0 Å². The number of hydrogen-bond donors (Lipinski definition) is 0. The Balaban J connectivity index is 2.19. The van der Waals surface area contributed by atoms with Gasteiger partial charge in [-0.15, -0.1) is 11.6 Å². The quantitative estimate of drug-likeness (QED) is 0.773. The van der Waals surface area contributed by atoms with E-state index in [9.17, 15) is 18.0 Å². The maximum atomic E-state index is 12.3. The van der Waals surface area contributed by atoms with Gasteiger partial charge in [-0.2, -0.15) is 18.2 Å². The summed E-state index contributed by atoms with van der Waals surface area (Å²) in [4.78, 5) is 15.8. The van der Waals surface area contributed by atoms with Crippen LogP contribution in [0.15, 0.2) is 10.7 Å². The minimum atomic E-state index is -4.57. The molecule has 1 aliphatic rings. The lowest BCUT2D eigenvalue weighted by Crippen LogP contribution is -2.25. The number of amides is 1. The molecule has 1 aromatic heterocycles. The average molecular weight is 269 g/mol. The van der Waals surface area contributed by atoms with Crippen molar-refractivity contribution in [3.63, 3.8) is 0 Å². The molecule has 17 heavy (non-hydrogen) atoms. The number of alkyl halides is 4. The summed E-state index contributed by atoms with van der Waals surface area (Å²) in [6, 6.07) is -0.324. The summed E-state index contributed by atoms with van der Waals surface area (Å²) in [6.07, 6.45) is -3.87. The van der Waals surface area contributed by atoms with Gasteiger partial charge in [-0.3, -0.25) is 9.69 Å². The Morgan fingerprint density at radius 3 is 2.76 bits per heavy atom. The molecule has 0 radical (unpaired) electrons. The number of oxazole rings is 1. The van der Waals surface area contributed by atoms with Gasteiger partial charge >= 0.3 is 12.2 Å². The standard InChI is InChI=1S/C9H8ClF3N2O2/c10-2-5-1-7(16)15(3-5)8-14-6(4-17-8)9(11,12)13/h4-5H,1-3H2. The fraction of sp³-hybridized carbons (Fsp3) is 0.556. The third kappa shape index (κ3) is 2.38. The fourth-order valence-electron chi connectivity index (χ4n) is 1.59. The molecule has 0 N–H and O–H groups in total. The highest BCUT2D eigenvalue weighted by molar-refractivity contribution is 6.18. The van der Waals surface area contributed by atoms with Crippen molar-refractivity contribution in [3.05, 3.63) is 12.0 Å². The summed E-state index contributed by atoms with van der Waals surface area (Å²) in [6.45, 7) is 0.236. The molecular weight excluding hydrogens is 261 g/mol. The van der Waals surface area contributed by atoms with E-state index in [0.29, 0.717) is 6.26 Å². The van der Waals surface area contributed by atoms with Gasteiger partial charge in [0.05, 0.1) is 0 Å². The molecule has 1 aromatic rings. The second-order valence-corrected chi connectivity index (χ2v) is 4.05. The van der Waals surface area contributed by atoms with Crippen LogP contribution in [-0.4, -0.2) is 23.3 Å². The number of carbonyl (C=O) groups excluding carboxylic acids is 1. The van der Waals surface area contributed by atoms with Crippen LogP contribution in [0.2, 0.25) is 0 Å². The van der Waals surface area contributed by atoms with Crippen LogP contribution < -0.4 is 4.90 Å².